The highest BCUT2D eigenvalue weighted by Gasteiger charge is 2.25. The maximum Gasteiger partial charge on any atom is 0.232 e. The third-order valence-corrected chi connectivity index (χ3v) is 5.96. The fourth-order valence-electron chi connectivity index (χ4n) is 2.83. The van der Waals surface area contributed by atoms with Crippen LogP contribution in [0.3, 0.4) is 0 Å². The average Bonchev–Trinajstić information content (AvgIpc) is 3.19. The van der Waals surface area contributed by atoms with Crippen molar-refractivity contribution in [1.29, 1.82) is 0 Å². The van der Waals surface area contributed by atoms with Crippen LogP contribution in [0, 0.1) is 6.92 Å². The lowest BCUT2D eigenvalue weighted by Gasteiger charge is -2.15. The molecular weight excluding hydrogens is 375 g/mol. The van der Waals surface area contributed by atoms with Gasteiger partial charge in [-0.15, -0.1) is 10.2 Å². The molecule has 0 fully saturated rings. The van der Waals surface area contributed by atoms with Gasteiger partial charge in [-0.05, 0) is 36.8 Å². The first-order valence-electron chi connectivity index (χ1n) is 7.96. The zero-order valence-electron chi connectivity index (χ0n) is 13.6. The van der Waals surface area contributed by atoms with E-state index in [2.05, 4.69) is 50.9 Å². The molecule has 128 valence electrons. The summed E-state index contributed by atoms with van der Waals surface area (Å²) in [6, 6.07) is 14.2. The molecule has 4 rings (SSSR count). The molecule has 0 aliphatic carbocycles. The maximum atomic E-state index is 6.09. The Morgan fingerprint density at radius 3 is 2.56 bits per heavy atom. The molecular formula is C18H16Cl2N4S. The van der Waals surface area contributed by atoms with Crippen molar-refractivity contribution in [2.75, 3.05) is 11.4 Å². The molecule has 0 atom stereocenters. The molecule has 7 heteroatoms. The first-order valence-corrected chi connectivity index (χ1v) is 9.70. The van der Waals surface area contributed by atoms with E-state index in [0.29, 0.717) is 10.0 Å². The van der Waals surface area contributed by atoms with Crippen LogP contribution in [0.25, 0.3) is 0 Å². The van der Waals surface area contributed by atoms with E-state index in [1.54, 1.807) is 11.8 Å². The van der Waals surface area contributed by atoms with Crippen molar-refractivity contribution in [1.82, 2.24) is 14.8 Å². The molecule has 1 aromatic heterocycles. The summed E-state index contributed by atoms with van der Waals surface area (Å²) in [4.78, 5) is 2.20. The molecule has 0 radical (unpaired) electrons. The van der Waals surface area contributed by atoms with Gasteiger partial charge in [0.2, 0.25) is 5.95 Å². The van der Waals surface area contributed by atoms with Crippen LogP contribution in [0.2, 0.25) is 10.0 Å². The van der Waals surface area contributed by atoms with E-state index < -0.39 is 0 Å². The number of anilines is 2. The van der Waals surface area contributed by atoms with Gasteiger partial charge in [-0.25, -0.2) is 0 Å². The smallest absolute Gasteiger partial charge is 0.232 e. The summed E-state index contributed by atoms with van der Waals surface area (Å²) >= 11 is 13.7. The quantitative estimate of drug-likeness (QED) is 0.563. The van der Waals surface area contributed by atoms with Crippen LogP contribution in [0.15, 0.2) is 47.6 Å². The van der Waals surface area contributed by atoms with Gasteiger partial charge >= 0.3 is 0 Å². The molecule has 4 nitrogen and oxygen atoms in total. The number of fused-ring (bicyclic) bond motifs is 1. The van der Waals surface area contributed by atoms with E-state index in [0.717, 1.165) is 41.2 Å². The van der Waals surface area contributed by atoms with Crippen molar-refractivity contribution >= 4 is 46.6 Å². The van der Waals surface area contributed by atoms with Crippen molar-refractivity contribution in [2.24, 2.45) is 0 Å². The molecule has 0 spiro atoms. The van der Waals surface area contributed by atoms with Gasteiger partial charge in [0.15, 0.2) is 5.16 Å². The maximum absolute atomic E-state index is 6.09. The second-order valence-corrected chi connectivity index (χ2v) is 7.72. The van der Waals surface area contributed by atoms with Crippen LogP contribution < -0.4 is 4.90 Å². The van der Waals surface area contributed by atoms with Crippen molar-refractivity contribution < 1.29 is 0 Å². The van der Waals surface area contributed by atoms with Gasteiger partial charge < -0.3 is 4.90 Å². The largest absolute Gasteiger partial charge is 0.309 e. The van der Waals surface area contributed by atoms with Gasteiger partial charge in [-0.2, -0.15) is 0 Å². The highest BCUT2D eigenvalue weighted by molar-refractivity contribution is 7.98. The number of benzene rings is 2. The summed E-state index contributed by atoms with van der Waals surface area (Å²) in [6.07, 6.45) is 0. The molecule has 0 unspecified atom stereocenters. The molecule has 2 aromatic carbocycles. The molecule has 1 aliphatic heterocycles. The Kier molecular flexibility index (Phi) is 4.63. The van der Waals surface area contributed by atoms with Crippen LogP contribution in [0.4, 0.5) is 11.6 Å². The van der Waals surface area contributed by atoms with E-state index in [-0.39, 0.29) is 0 Å². The van der Waals surface area contributed by atoms with Gasteiger partial charge in [0, 0.05) is 24.5 Å². The van der Waals surface area contributed by atoms with E-state index in [4.69, 9.17) is 23.2 Å². The molecule has 25 heavy (non-hydrogen) atoms. The topological polar surface area (TPSA) is 34.0 Å². The number of halogens is 2. The van der Waals surface area contributed by atoms with E-state index in [1.165, 1.54) is 5.56 Å². The number of rotatable bonds is 4. The van der Waals surface area contributed by atoms with Crippen molar-refractivity contribution in [2.45, 2.75) is 24.4 Å². The van der Waals surface area contributed by atoms with Crippen molar-refractivity contribution in [3.8, 4) is 0 Å². The Morgan fingerprint density at radius 1 is 1.00 bits per heavy atom. The number of hydrogen-bond donors (Lipinski definition) is 0. The summed E-state index contributed by atoms with van der Waals surface area (Å²) in [6.45, 7) is 3.89. The standard InChI is InChI=1S/C18H16Cl2N4S/c1-12-2-5-14(6-3-12)23-8-9-24-17(23)21-22-18(24)25-11-13-4-7-15(19)16(20)10-13/h2-7,10H,8-9,11H2,1H3. The van der Waals surface area contributed by atoms with Gasteiger partial charge in [0.05, 0.1) is 10.0 Å². The van der Waals surface area contributed by atoms with Crippen molar-refractivity contribution in [3.63, 3.8) is 0 Å². The predicted octanol–water partition coefficient (Wildman–Crippen LogP) is 5.34. The summed E-state index contributed by atoms with van der Waals surface area (Å²) < 4.78 is 2.17. The van der Waals surface area contributed by atoms with Crippen LogP contribution in [-0.2, 0) is 12.3 Å². The zero-order valence-corrected chi connectivity index (χ0v) is 15.9. The zero-order chi connectivity index (χ0) is 17.4. The fourth-order valence-corrected chi connectivity index (χ4v) is 4.05. The Morgan fingerprint density at radius 2 is 1.80 bits per heavy atom. The number of aromatic nitrogens is 3. The average molecular weight is 391 g/mol. The summed E-state index contributed by atoms with van der Waals surface area (Å²) in [5.41, 5.74) is 3.52. The predicted molar refractivity (Wildman–Crippen MR) is 104 cm³/mol. The third-order valence-electron chi connectivity index (χ3n) is 4.18. The molecule has 0 saturated heterocycles. The second kappa shape index (κ2) is 6.90. The molecule has 1 aliphatic rings. The first-order chi connectivity index (χ1) is 12.1. The molecule has 0 N–H and O–H groups in total. The first kappa shape index (κ1) is 16.8. The monoisotopic (exact) mass is 390 g/mol. The summed E-state index contributed by atoms with van der Waals surface area (Å²) in [7, 11) is 0. The minimum absolute atomic E-state index is 0.576. The van der Waals surface area contributed by atoms with Crippen LogP contribution >= 0.6 is 35.0 Å². The highest BCUT2D eigenvalue weighted by Crippen LogP contribution is 2.33. The van der Waals surface area contributed by atoms with Crippen LogP contribution in [-0.4, -0.2) is 21.3 Å². The molecule has 0 bridgehead atoms. The normalized spacial score (nSPS) is 13.3. The molecule has 2 heterocycles. The Labute approximate surface area is 160 Å². The Balaban J connectivity index is 1.51. The highest BCUT2D eigenvalue weighted by atomic mass is 35.5. The number of aryl methyl sites for hydroxylation is 1. The molecule has 0 amide bonds. The second-order valence-electron chi connectivity index (χ2n) is 5.96. The molecule has 0 saturated carbocycles. The van der Waals surface area contributed by atoms with Crippen LogP contribution in [0.5, 0.6) is 0 Å². The summed E-state index contributed by atoms with van der Waals surface area (Å²) in [5, 5.41) is 10.8. The Hall–Kier alpha value is -1.69. The lowest BCUT2D eigenvalue weighted by atomic mass is 10.2. The van der Waals surface area contributed by atoms with E-state index in [1.807, 2.05) is 18.2 Å². The number of hydrogen-bond acceptors (Lipinski definition) is 4. The van der Waals surface area contributed by atoms with E-state index >= 15 is 0 Å². The SMILES string of the molecule is Cc1ccc(N2CCn3c(SCc4ccc(Cl)c(Cl)c4)nnc32)cc1. The van der Waals surface area contributed by atoms with Crippen molar-refractivity contribution in [3.05, 3.63) is 63.6 Å². The fraction of sp³-hybridized carbons (Fsp3) is 0.222. The number of thioether (sulfide) groups is 1. The minimum Gasteiger partial charge on any atom is -0.309 e. The third kappa shape index (κ3) is 3.36. The lowest BCUT2D eigenvalue weighted by Crippen LogP contribution is -2.14. The summed E-state index contributed by atoms with van der Waals surface area (Å²) in [5.74, 6) is 1.68. The minimum atomic E-state index is 0.576. The van der Waals surface area contributed by atoms with Gasteiger partial charge in [0.25, 0.3) is 0 Å². The lowest BCUT2D eigenvalue weighted by molar-refractivity contribution is 0.704. The van der Waals surface area contributed by atoms with E-state index in [9.17, 15) is 0 Å². The molecule has 3 aromatic rings. The van der Waals surface area contributed by atoms with Crippen LogP contribution in [0.1, 0.15) is 11.1 Å². The van der Waals surface area contributed by atoms with Gasteiger partial charge in [0.1, 0.15) is 0 Å². The van der Waals surface area contributed by atoms with Gasteiger partial charge in [-0.3, -0.25) is 4.57 Å². The number of nitrogens with zero attached hydrogens (tertiary/aromatic N) is 4. The Bertz CT molecular complexity index is 908. The van der Waals surface area contributed by atoms with Gasteiger partial charge in [-0.1, -0.05) is 58.7 Å².